The van der Waals surface area contributed by atoms with Crippen LogP contribution in [0.3, 0.4) is 0 Å². The number of ether oxygens (including phenoxy) is 1. The molecule has 0 aliphatic carbocycles. The zero-order valence-corrected chi connectivity index (χ0v) is 16.2. The van der Waals surface area contributed by atoms with Crippen LogP contribution in [0.25, 0.3) is 11.4 Å². The van der Waals surface area contributed by atoms with Crippen molar-refractivity contribution in [3.05, 3.63) is 54.1 Å². The molecule has 0 saturated heterocycles. The van der Waals surface area contributed by atoms with E-state index in [0.29, 0.717) is 11.5 Å². The van der Waals surface area contributed by atoms with Gasteiger partial charge in [0.2, 0.25) is 5.82 Å². The maximum atomic E-state index is 13.4. The highest BCUT2D eigenvalue weighted by Gasteiger charge is 2.23. The fourth-order valence-corrected chi connectivity index (χ4v) is 2.68. The number of aromatic nitrogens is 4. The minimum atomic E-state index is -2.87. The molecule has 0 radical (unpaired) electrons. The Morgan fingerprint density at radius 3 is 2.39 bits per heavy atom. The molecule has 6 nitrogen and oxygen atoms in total. The number of para-hydroxylation sites is 1. The first-order valence-electron chi connectivity index (χ1n) is 8.96. The molecule has 8 heteroatoms. The Kier molecular flexibility index (Phi) is 5.69. The van der Waals surface area contributed by atoms with E-state index in [4.69, 9.17) is 4.74 Å². The summed E-state index contributed by atoms with van der Waals surface area (Å²) in [5.41, 5.74) is 2.17. The molecule has 1 heterocycles. The number of tetrazole rings is 1. The number of hydrogen-bond donors (Lipinski definition) is 1. The molecule has 148 valence electrons. The Bertz CT molecular complexity index is 921. The molecular formula is C20H23F2N5O. The first-order valence-corrected chi connectivity index (χ1v) is 8.96. The van der Waals surface area contributed by atoms with E-state index in [1.807, 2.05) is 38.1 Å². The summed E-state index contributed by atoms with van der Waals surface area (Å²) in [7, 11) is 1.64. The Labute approximate surface area is 162 Å². The first kappa shape index (κ1) is 19.9. The molecule has 0 bridgehead atoms. The molecule has 0 saturated carbocycles. The summed E-state index contributed by atoms with van der Waals surface area (Å²) in [4.78, 5) is 1.53. The molecule has 0 aliphatic heterocycles. The monoisotopic (exact) mass is 387 g/mol. The average molecular weight is 387 g/mol. The third-order valence-electron chi connectivity index (χ3n) is 4.68. The van der Waals surface area contributed by atoms with Crippen LogP contribution in [0.4, 0.5) is 20.2 Å². The minimum Gasteiger partial charge on any atom is -0.379 e. The molecule has 0 spiro atoms. The van der Waals surface area contributed by atoms with Gasteiger partial charge in [0.25, 0.3) is 5.92 Å². The number of halogens is 2. The van der Waals surface area contributed by atoms with Crippen LogP contribution in [-0.4, -0.2) is 33.4 Å². The number of anilines is 2. The molecular weight excluding hydrogens is 364 g/mol. The van der Waals surface area contributed by atoms with Crippen molar-refractivity contribution in [2.45, 2.75) is 38.8 Å². The van der Waals surface area contributed by atoms with Crippen molar-refractivity contribution in [3.63, 3.8) is 0 Å². The van der Waals surface area contributed by atoms with E-state index in [9.17, 15) is 8.78 Å². The van der Waals surface area contributed by atoms with Crippen LogP contribution in [0, 0.1) is 0 Å². The molecule has 28 heavy (non-hydrogen) atoms. The average Bonchev–Trinajstić information content (AvgIpc) is 3.17. The molecule has 0 aliphatic rings. The minimum absolute atomic E-state index is 0.0304. The third-order valence-corrected chi connectivity index (χ3v) is 4.68. The number of methoxy groups -OCH3 is 1. The van der Waals surface area contributed by atoms with Gasteiger partial charge < -0.3 is 10.1 Å². The van der Waals surface area contributed by atoms with Gasteiger partial charge in [0.15, 0.2) is 0 Å². The van der Waals surface area contributed by atoms with Crippen molar-refractivity contribution in [2.75, 3.05) is 12.4 Å². The number of rotatable bonds is 7. The lowest BCUT2D eigenvalue weighted by Gasteiger charge is -2.16. The zero-order chi connectivity index (χ0) is 20.3. The largest absolute Gasteiger partial charge is 0.379 e. The van der Waals surface area contributed by atoms with Crippen molar-refractivity contribution in [1.29, 1.82) is 0 Å². The molecule has 0 fully saturated rings. The number of hydrogen-bond acceptors (Lipinski definition) is 5. The van der Waals surface area contributed by atoms with Gasteiger partial charge in [-0.2, -0.15) is 4.80 Å². The normalized spacial score (nSPS) is 13.9. The first-order chi connectivity index (χ1) is 13.3. The molecule has 0 amide bonds. The van der Waals surface area contributed by atoms with Crippen LogP contribution in [0.1, 0.15) is 32.4 Å². The lowest BCUT2D eigenvalue weighted by atomic mass is 10.1. The fraction of sp³-hybridized carbons (Fsp3) is 0.350. The second-order valence-corrected chi connectivity index (χ2v) is 6.75. The van der Waals surface area contributed by atoms with Crippen molar-refractivity contribution in [2.24, 2.45) is 0 Å². The summed E-state index contributed by atoms with van der Waals surface area (Å²) < 4.78 is 32.1. The topological polar surface area (TPSA) is 64.9 Å². The van der Waals surface area contributed by atoms with Gasteiger partial charge in [0, 0.05) is 36.5 Å². The second kappa shape index (κ2) is 8.02. The summed E-state index contributed by atoms with van der Waals surface area (Å²) >= 11 is 0. The summed E-state index contributed by atoms with van der Waals surface area (Å²) in [6.07, 6.45) is -0.0642. The van der Waals surface area contributed by atoms with Crippen LogP contribution in [0.15, 0.2) is 48.5 Å². The van der Waals surface area contributed by atoms with Gasteiger partial charge >= 0.3 is 0 Å². The van der Waals surface area contributed by atoms with Gasteiger partial charge in [-0.05, 0) is 43.3 Å². The highest BCUT2D eigenvalue weighted by atomic mass is 19.3. The molecule has 2 aromatic carbocycles. The number of nitrogens with one attached hydrogen (secondary N) is 1. The number of nitrogens with zero attached hydrogens (tertiary/aromatic N) is 4. The summed E-state index contributed by atoms with van der Waals surface area (Å²) in [6.45, 7) is 4.77. The van der Waals surface area contributed by atoms with Gasteiger partial charge in [0.05, 0.1) is 12.1 Å². The van der Waals surface area contributed by atoms with Gasteiger partial charge in [0.1, 0.15) is 0 Å². The zero-order valence-electron chi connectivity index (χ0n) is 16.2. The SMILES string of the molecule is CO[C@H](C)[C@H](C)n1nnc(-c2ccccc2Nc2ccc(C(C)(F)F)cc2)n1. The van der Waals surface area contributed by atoms with Gasteiger partial charge in [-0.3, -0.25) is 0 Å². The molecule has 3 rings (SSSR count). The highest BCUT2D eigenvalue weighted by molar-refractivity contribution is 5.77. The van der Waals surface area contributed by atoms with Crippen molar-refractivity contribution < 1.29 is 13.5 Å². The Balaban J connectivity index is 1.85. The third kappa shape index (κ3) is 4.33. The predicted octanol–water partition coefficient (Wildman–Crippen LogP) is 4.79. The lowest BCUT2D eigenvalue weighted by molar-refractivity contribution is 0.0175. The Morgan fingerprint density at radius 1 is 1.07 bits per heavy atom. The summed E-state index contributed by atoms with van der Waals surface area (Å²) in [5, 5.41) is 16.0. The second-order valence-electron chi connectivity index (χ2n) is 6.75. The summed E-state index contributed by atoms with van der Waals surface area (Å²) in [6, 6.07) is 13.5. The van der Waals surface area contributed by atoms with Crippen LogP contribution in [-0.2, 0) is 10.7 Å². The van der Waals surface area contributed by atoms with Crippen LogP contribution in [0.2, 0.25) is 0 Å². The summed E-state index contributed by atoms with van der Waals surface area (Å²) in [5.74, 6) is -2.40. The van der Waals surface area contributed by atoms with Crippen molar-refractivity contribution in [1.82, 2.24) is 20.2 Å². The van der Waals surface area contributed by atoms with Gasteiger partial charge in [-0.15, -0.1) is 10.2 Å². The van der Waals surface area contributed by atoms with E-state index < -0.39 is 5.92 Å². The Morgan fingerprint density at radius 2 is 1.75 bits per heavy atom. The standard InChI is InChI=1S/C20H23F2N5O/c1-13(14(2)28-4)27-25-19(24-26-27)17-7-5-6-8-18(17)23-16-11-9-15(10-12-16)20(3,21)22/h5-14,23H,1-4H3/t13-,14+/m0/s1. The van der Waals surface area contributed by atoms with E-state index in [2.05, 4.69) is 20.7 Å². The molecule has 3 aromatic rings. The van der Waals surface area contributed by atoms with E-state index in [1.54, 1.807) is 19.2 Å². The lowest BCUT2D eigenvalue weighted by Crippen LogP contribution is -2.22. The van der Waals surface area contributed by atoms with Gasteiger partial charge in [-0.1, -0.05) is 24.3 Å². The fourth-order valence-electron chi connectivity index (χ4n) is 2.68. The van der Waals surface area contributed by atoms with Crippen LogP contribution < -0.4 is 5.32 Å². The van der Waals surface area contributed by atoms with Crippen LogP contribution in [0.5, 0.6) is 0 Å². The van der Waals surface area contributed by atoms with Gasteiger partial charge in [-0.25, -0.2) is 8.78 Å². The molecule has 1 aromatic heterocycles. The number of alkyl halides is 2. The Hall–Kier alpha value is -2.87. The van der Waals surface area contributed by atoms with E-state index in [0.717, 1.165) is 18.2 Å². The van der Waals surface area contributed by atoms with E-state index in [-0.39, 0.29) is 17.7 Å². The molecule has 2 atom stereocenters. The quantitative estimate of drug-likeness (QED) is 0.631. The predicted molar refractivity (Wildman–Crippen MR) is 104 cm³/mol. The van der Waals surface area contributed by atoms with E-state index in [1.165, 1.54) is 16.9 Å². The van der Waals surface area contributed by atoms with Crippen molar-refractivity contribution >= 4 is 11.4 Å². The van der Waals surface area contributed by atoms with Crippen LogP contribution >= 0.6 is 0 Å². The smallest absolute Gasteiger partial charge is 0.270 e. The highest BCUT2D eigenvalue weighted by Crippen LogP contribution is 2.31. The maximum Gasteiger partial charge on any atom is 0.270 e. The maximum absolute atomic E-state index is 13.4. The molecule has 1 N–H and O–H groups in total. The van der Waals surface area contributed by atoms with Crippen molar-refractivity contribution in [3.8, 4) is 11.4 Å². The number of benzene rings is 2. The van der Waals surface area contributed by atoms with E-state index >= 15 is 0 Å². The molecule has 0 unspecified atom stereocenters.